The highest BCUT2D eigenvalue weighted by atomic mass is 79.9. The number of benzene rings is 1. The molecule has 0 aromatic heterocycles. The summed E-state index contributed by atoms with van der Waals surface area (Å²) in [5, 5.41) is 3.56. The Bertz CT molecular complexity index is 437. The van der Waals surface area contributed by atoms with Crippen molar-refractivity contribution in [2.45, 2.75) is 0 Å². The number of methoxy groups -OCH3 is 1. The van der Waals surface area contributed by atoms with Gasteiger partial charge in [0.05, 0.1) is 18.9 Å². The van der Waals surface area contributed by atoms with Crippen molar-refractivity contribution in [3.05, 3.63) is 28.0 Å². The number of hydrogen-bond donors (Lipinski definition) is 2. The van der Waals surface area contributed by atoms with Gasteiger partial charge in [0.15, 0.2) is 0 Å². The fourth-order valence-corrected chi connectivity index (χ4v) is 1.53. The van der Waals surface area contributed by atoms with Crippen LogP contribution >= 0.6 is 15.9 Å². The lowest BCUT2D eigenvalue weighted by atomic mass is 10.2. The molecule has 1 rings (SSSR count). The second-order valence-electron chi connectivity index (χ2n) is 2.74. The molecule has 1 aromatic carbocycles. The van der Waals surface area contributed by atoms with Gasteiger partial charge in [-0.15, -0.1) is 0 Å². The number of hydrazone groups is 1. The van der Waals surface area contributed by atoms with Gasteiger partial charge in [0.1, 0.15) is 11.6 Å². The van der Waals surface area contributed by atoms with Gasteiger partial charge in [0.25, 0.3) is 0 Å². The number of nitrogens with two attached hydrogens (primary N) is 1. The molecule has 16 heavy (non-hydrogen) atoms. The van der Waals surface area contributed by atoms with Crippen LogP contribution in [0.4, 0.5) is 9.18 Å². The zero-order valence-electron chi connectivity index (χ0n) is 8.33. The average Bonchev–Trinajstić information content (AvgIpc) is 2.20. The van der Waals surface area contributed by atoms with Crippen molar-refractivity contribution in [2.24, 2.45) is 10.8 Å². The molecule has 0 aliphatic carbocycles. The molecule has 0 atom stereocenters. The minimum absolute atomic E-state index is 0.293. The summed E-state index contributed by atoms with van der Waals surface area (Å²) in [4.78, 5) is 10.4. The summed E-state index contributed by atoms with van der Waals surface area (Å²) in [7, 11) is 1.40. The first-order valence-corrected chi connectivity index (χ1v) is 4.95. The summed E-state index contributed by atoms with van der Waals surface area (Å²) in [5.41, 5.74) is 7.35. The standard InChI is InChI=1S/C9H9BrFN3O2/c1-16-8-3-5(11)2-7(10)6(8)4-13-14-9(12)15/h2-4H,1H3,(H3,12,14,15). The van der Waals surface area contributed by atoms with E-state index in [0.717, 1.165) is 0 Å². The minimum Gasteiger partial charge on any atom is -0.496 e. The number of carbonyl (C=O) groups excluding carboxylic acids is 1. The van der Waals surface area contributed by atoms with E-state index in [1.54, 1.807) is 0 Å². The molecule has 0 aliphatic heterocycles. The zero-order chi connectivity index (χ0) is 12.1. The van der Waals surface area contributed by atoms with Gasteiger partial charge >= 0.3 is 6.03 Å². The third-order valence-corrected chi connectivity index (χ3v) is 2.30. The highest BCUT2D eigenvalue weighted by Crippen LogP contribution is 2.26. The Kier molecular flexibility index (Phi) is 4.24. The molecule has 2 amide bonds. The van der Waals surface area contributed by atoms with E-state index in [-0.39, 0.29) is 0 Å². The van der Waals surface area contributed by atoms with E-state index in [9.17, 15) is 9.18 Å². The normalized spacial score (nSPS) is 10.4. The molecule has 1 aromatic rings. The van der Waals surface area contributed by atoms with Gasteiger partial charge in [-0.05, 0) is 22.0 Å². The molecule has 0 saturated carbocycles. The van der Waals surface area contributed by atoms with Gasteiger partial charge in [-0.1, -0.05) is 0 Å². The molecule has 0 aliphatic rings. The van der Waals surface area contributed by atoms with Crippen molar-refractivity contribution in [3.63, 3.8) is 0 Å². The molecule has 0 bridgehead atoms. The second kappa shape index (κ2) is 5.45. The number of urea groups is 1. The first-order valence-electron chi connectivity index (χ1n) is 4.16. The lowest BCUT2D eigenvalue weighted by molar-refractivity contribution is 0.249. The van der Waals surface area contributed by atoms with Crippen LogP contribution in [0, 0.1) is 5.82 Å². The maximum atomic E-state index is 13.0. The highest BCUT2D eigenvalue weighted by Gasteiger charge is 2.08. The number of rotatable bonds is 3. The smallest absolute Gasteiger partial charge is 0.332 e. The van der Waals surface area contributed by atoms with E-state index in [0.29, 0.717) is 15.8 Å². The molecule has 0 unspecified atom stereocenters. The van der Waals surface area contributed by atoms with Crippen LogP contribution < -0.4 is 15.9 Å². The maximum absolute atomic E-state index is 13.0. The quantitative estimate of drug-likeness (QED) is 0.655. The van der Waals surface area contributed by atoms with E-state index >= 15 is 0 Å². The lowest BCUT2D eigenvalue weighted by Gasteiger charge is -2.06. The minimum atomic E-state index is -0.784. The van der Waals surface area contributed by atoms with Crippen LogP contribution in [0.5, 0.6) is 5.75 Å². The third-order valence-electron chi connectivity index (χ3n) is 1.64. The molecular weight excluding hydrogens is 281 g/mol. The van der Waals surface area contributed by atoms with Gasteiger partial charge in [0.2, 0.25) is 0 Å². The fraction of sp³-hybridized carbons (Fsp3) is 0.111. The van der Waals surface area contributed by atoms with Crippen molar-refractivity contribution >= 4 is 28.2 Å². The van der Waals surface area contributed by atoms with E-state index in [1.165, 1.54) is 25.5 Å². The SMILES string of the molecule is COc1cc(F)cc(Br)c1C=NNC(N)=O. The van der Waals surface area contributed by atoms with Crippen LogP contribution in [0.3, 0.4) is 0 Å². The van der Waals surface area contributed by atoms with Crippen LogP contribution in [-0.4, -0.2) is 19.4 Å². The largest absolute Gasteiger partial charge is 0.496 e. The predicted octanol–water partition coefficient (Wildman–Crippen LogP) is 1.60. The Hall–Kier alpha value is -1.63. The summed E-state index contributed by atoms with van der Waals surface area (Å²) >= 11 is 3.15. The number of carbonyl (C=O) groups is 1. The molecule has 0 saturated heterocycles. The summed E-state index contributed by atoms with van der Waals surface area (Å²) in [5.74, 6) is -0.148. The van der Waals surface area contributed by atoms with Gasteiger partial charge in [-0.25, -0.2) is 14.6 Å². The molecule has 0 fully saturated rings. The first kappa shape index (κ1) is 12.4. The van der Waals surface area contributed by atoms with Crippen LogP contribution in [0.15, 0.2) is 21.7 Å². The van der Waals surface area contributed by atoms with Crippen molar-refractivity contribution < 1.29 is 13.9 Å². The van der Waals surface area contributed by atoms with Crippen molar-refractivity contribution in [2.75, 3.05) is 7.11 Å². The van der Waals surface area contributed by atoms with Gasteiger partial charge in [-0.3, -0.25) is 0 Å². The van der Waals surface area contributed by atoms with Crippen LogP contribution in [0.1, 0.15) is 5.56 Å². The second-order valence-corrected chi connectivity index (χ2v) is 3.59. The van der Waals surface area contributed by atoms with E-state index in [2.05, 4.69) is 21.0 Å². The predicted molar refractivity (Wildman–Crippen MR) is 61.0 cm³/mol. The van der Waals surface area contributed by atoms with E-state index in [4.69, 9.17) is 10.5 Å². The lowest BCUT2D eigenvalue weighted by Crippen LogP contribution is -2.24. The Labute approximate surface area is 99.6 Å². The van der Waals surface area contributed by atoms with Gasteiger partial charge < -0.3 is 10.5 Å². The molecule has 0 radical (unpaired) electrons. The van der Waals surface area contributed by atoms with Crippen LogP contribution in [0.25, 0.3) is 0 Å². The number of primary amides is 1. The topological polar surface area (TPSA) is 76.7 Å². The monoisotopic (exact) mass is 289 g/mol. The Balaban J connectivity index is 3.02. The maximum Gasteiger partial charge on any atom is 0.332 e. The number of ether oxygens (including phenoxy) is 1. The molecule has 0 spiro atoms. The number of nitrogens with one attached hydrogen (secondary N) is 1. The van der Waals surface area contributed by atoms with Crippen LogP contribution in [0.2, 0.25) is 0 Å². The number of amides is 2. The number of hydrogen-bond acceptors (Lipinski definition) is 3. The van der Waals surface area contributed by atoms with Crippen molar-refractivity contribution in [3.8, 4) is 5.75 Å². The van der Waals surface area contributed by atoms with Crippen molar-refractivity contribution in [1.29, 1.82) is 0 Å². The van der Waals surface area contributed by atoms with E-state index < -0.39 is 11.8 Å². The molecule has 3 N–H and O–H groups in total. The molecule has 86 valence electrons. The number of nitrogens with zero attached hydrogens (tertiary/aromatic N) is 1. The summed E-state index contributed by atoms with van der Waals surface area (Å²) in [6, 6.07) is 1.68. The van der Waals surface area contributed by atoms with Gasteiger partial charge in [-0.2, -0.15) is 5.10 Å². The molecule has 5 nitrogen and oxygen atoms in total. The Morgan fingerprint density at radius 3 is 2.94 bits per heavy atom. The highest BCUT2D eigenvalue weighted by molar-refractivity contribution is 9.10. The molecule has 0 heterocycles. The van der Waals surface area contributed by atoms with Crippen LogP contribution in [-0.2, 0) is 0 Å². The Morgan fingerprint density at radius 2 is 2.38 bits per heavy atom. The molecular formula is C9H9BrFN3O2. The Morgan fingerprint density at radius 1 is 1.69 bits per heavy atom. The fourth-order valence-electron chi connectivity index (χ4n) is 1.02. The van der Waals surface area contributed by atoms with Gasteiger partial charge in [0, 0.05) is 10.5 Å². The number of halogens is 2. The first-order chi connectivity index (χ1) is 7.54. The summed E-state index contributed by atoms with van der Waals surface area (Å²) in [6.07, 6.45) is 1.30. The third kappa shape index (κ3) is 3.20. The molecule has 7 heteroatoms. The zero-order valence-corrected chi connectivity index (χ0v) is 9.92. The summed E-state index contributed by atoms with van der Waals surface area (Å²) < 4.78 is 18.4. The average molecular weight is 290 g/mol. The van der Waals surface area contributed by atoms with E-state index in [1.807, 2.05) is 5.43 Å². The van der Waals surface area contributed by atoms with Crippen molar-refractivity contribution in [1.82, 2.24) is 5.43 Å². The summed E-state index contributed by atoms with van der Waals surface area (Å²) in [6.45, 7) is 0.